The van der Waals surface area contributed by atoms with Crippen LogP contribution in [0.5, 0.6) is 0 Å². The third-order valence-electron chi connectivity index (χ3n) is 3.12. The second-order valence-electron chi connectivity index (χ2n) is 4.90. The summed E-state index contributed by atoms with van der Waals surface area (Å²) in [5.41, 5.74) is 1.08. The van der Waals surface area contributed by atoms with E-state index in [1.807, 2.05) is 13.8 Å². The average Bonchev–Trinajstić information content (AvgIpc) is 2.82. The van der Waals surface area contributed by atoms with Crippen molar-refractivity contribution in [1.82, 2.24) is 15.6 Å². The van der Waals surface area contributed by atoms with Crippen LogP contribution in [0.4, 0.5) is 0 Å². The Morgan fingerprint density at radius 1 is 1.32 bits per heavy atom. The normalized spacial score (nSPS) is 11.4. The van der Waals surface area contributed by atoms with Crippen LogP contribution in [0.2, 0.25) is 0 Å². The highest BCUT2D eigenvalue weighted by Gasteiger charge is 2.04. The van der Waals surface area contributed by atoms with Gasteiger partial charge in [-0.05, 0) is 33.6 Å². The van der Waals surface area contributed by atoms with E-state index < -0.39 is 0 Å². The number of hydrogen-bond donors (Lipinski definition) is 2. The van der Waals surface area contributed by atoms with E-state index in [2.05, 4.69) is 32.3 Å². The van der Waals surface area contributed by atoms with Gasteiger partial charge in [-0.25, -0.2) is 9.98 Å². The topological polar surface area (TPSA) is 75.6 Å². The minimum atomic E-state index is -0.157. The minimum absolute atomic E-state index is 0.157. The smallest absolute Gasteiger partial charge is 0.305 e. The van der Waals surface area contributed by atoms with Gasteiger partial charge in [0.2, 0.25) is 0 Å². The molecule has 1 rings (SSSR count). The standard InChI is InChI=1S/C15H26N4O2S/c1-5-16-15(17-9-7-6-8-14(20)21-4)18-10-13-19-11(2)12(3)22-13/h5-10H2,1-4H3,(H2,16,17,18). The first-order valence-electron chi connectivity index (χ1n) is 7.58. The van der Waals surface area contributed by atoms with E-state index in [0.717, 1.165) is 42.6 Å². The zero-order valence-corrected chi connectivity index (χ0v) is 14.7. The lowest BCUT2D eigenvalue weighted by atomic mass is 10.2. The second-order valence-corrected chi connectivity index (χ2v) is 6.19. The van der Waals surface area contributed by atoms with E-state index in [1.54, 1.807) is 11.3 Å². The summed E-state index contributed by atoms with van der Waals surface area (Å²) in [6.07, 6.45) is 2.17. The first kappa shape index (κ1) is 18.4. The number of methoxy groups -OCH3 is 1. The second kappa shape index (κ2) is 10.2. The van der Waals surface area contributed by atoms with Crippen molar-refractivity contribution in [3.05, 3.63) is 15.6 Å². The predicted octanol–water partition coefficient (Wildman–Crippen LogP) is 2.16. The molecule has 1 heterocycles. The molecule has 0 radical (unpaired) electrons. The minimum Gasteiger partial charge on any atom is -0.469 e. The van der Waals surface area contributed by atoms with E-state index in [0.29, 0.717) is 13.0 Å². The summed E-state index contributed by atoms with van der Waals surface area (Å²) in [6.45, 7) is 8.29. The monoisotopic (exact) mass is 326 g/mol. The summed E-state index contributed by atoms with van der Waals surface area (Å²) >= 11 is 1.69. The van der Waals surface area contributed by atoms with Gasteiger partial charge in [-0.1, -0.05) is 0 Å². The number of rotatable bonds is 8. The molecule has 0 aliphatic carbocycles. The maximum Gasteiger partial charge on any atom is 0.305 e. The molecule has 0 aromatic carbocycles. The molecule has 0 amide bonds. The summed E-state index contributed by atoms with van der Waals surface area (Å²) < 4.78 is 4.61. The molecule has 0 unspecified atom stereocenters. The molecule has 22 heavy (non-hydrogen) atoms. The first-order chi connectivity index (χ1) is 10.6. The number of unbranched alkanes of at least 4 members (excludes halogenated alkanes) is 1. The highest BCUT2D eigenvalue weighted by atomic mass is 32.1. The van der Waals surface area contributed by atoms with Gasteiger partial charge in [0.05, 0.1) is 19.3 Å². The Morgan fingerprint density at radius 2 is 2.09 bits per heavy atom. The lowest BCUT2D eigenvalue weighted by Gasteiger charge is -2.10. The van der Waals surface area contributed by atoms with Crippen molar-refractivity contribution >= 4 is 23.3 Å². The molecule has 0 spiro atoms. The number of aryl methyl sites for hydroxylation is 2. The van der Waals surface area contributed by atoms with Gasteiger partial charge in [0.25, 0.3) is 0 Å². The summed E-state index contributed by atoms with van der Waals surface area (Å²) in [7, 11) is 1.42. The molecule has 1 aromatic rings. The first-order valence-corrected chi connectivity index (χ1v) is 8.40. The highest BCUT2D eigenvalue weighted by molar-refractivity contribution is 7.11. The zero-order chi connectivity index (χ0) is 16.4. The van der Waals surface area contributed by atoms with Crippen molar-refractivity contribution in [2.75, 3.05) is 20.2 Å². The molecule has 124 valence electrons. The van der Waals surface area contributed by atoms with Crippen LogP contribution < -0.4 is 10.6 Å². The van der Waals surface area contributed by atoms with Crippen molar-refractivity contribution in [2.45, 2.75) is 46.6 Å². The summed E-state index contributed by atoms with van der Waals surface area (Å²) in [5.74, 6) is 0.626. The summed E-state index contributed by atoms with van der Waals surface area (Å²) in [5, 5.41) is 7.50. The van der Waals surface area contributed by atoms with Crippen LogP contribution in [0.25, 0.3) is 0 Å². The number of thiazole rings is 1. The van der Waals surface area contributed by atoms with Gasteiger partial charge in [-0.15, -0.1) is 11.3 Å². The lowest BCUT2D eigenvalue weighted by Crippen LogP contribution is -2.37. The Hall–Kier alpha value is -1.63. The zero-order valence-electron chi connectivity index (χ0n) is 13.9. The average molecular weight is 326 g/mol. The van der Waals surface area contributed by atoms with Gasteiger partial charge >= 0.3 is 5.97 Å². The number of hydrogen-bond acceptors (Lipinski definition) is 5. The Bertz CT molecular complexity index is 480. The summed E-state index contributed by atoms with van der Waals surface area (Å²) in [6, 6.07) is 0. The third-order valence-corrected chi connectivity index (χ3v) is 4.17. The molecule has 0 bridgehead atoms. The molecule has 0 fully saturated rings. The maximum atomic E-state index is 11.0. The van der Waals surface area contributed by atoms with Crippen LogP contribution >= 0.6 is 11.3 Å². The molecule has 0 atom stereocenters. The quantitative estimate of drug-likeness (QED) is 0.331. The van der Waals surface area contributed by atoms with Crippen molar-refractivity contribution in [3.8, 4) is 0 Å². The fraction of sp³-hybridized carbons (Fsp3) is 0.667. The Kier molecular flexibility index (Phi) is 8.50. The fourth-order valence-electron chi connectivity index (χ4n) is 1.80. The molecule has 0 aliphatic heterocycles. The van der Waals surface area contributed by atoms with Crippen LogP contribution in [0.3, 0.4) is 0 Å². The molecule has 1 aromatic heterocycles. The van der Waals surface area contributed by atoms with Crippen molar-refractivity contribution < 1.29 is 9.53 Å². The Balaban J connectivity index is 2.37. The van der Waals surface area contributed by atoms with Gasteiger partial charge in [0, 0.05) is 24.4 Å². The number of guanidine groups is 1. The van der Waals surface area contributed by atoms with E-state index in [4.69, 9.17) is 0 Å². The number of aromatic nitrogens is 1. The number of aliphatic imine (C=N–C) groups is 1. The van der Waals surface area contributed by atoms with Gasteiger partial charge in [-0.2, -0.15) is 0 Å². The lowest BCUT2D eigenvalue weighted by molar-refractivity contribution is -0.140. The van der Waals surface area contributed by atoms with Crippen LogP contribution in [0.1, 0.15) is 41.8 Å². The Labute approximate surface area is 136 Å². The number of carbonyl (C=O) groups excluding carboxylic acids is 1. The van der Waals surface area contributed by atoms with Gasteiger partial charge in [-0.3, -0.25) is 4.79 Å². The number of ether oxygens (including phenoxy) is 1. The molecule has 0 saturated carbocycles. The van der Waals surface area contributed by atoms with Crippen molar-refractivity contribution in [3.63, 3.8) is 0 Å². The molecule has 6 nitrogen and oxygen atoms in total. The third kappa shape index (κ3) is 6.89. The number of esters is 1. The van der Waals surface area contributed by atoms with Crippen LogP contribution in [-0.2, 0) is 16.1 Å². The largest absolute Gasteiger partial charge is 0.469 e. The molecule has 2 N–H and O–H groups in total. The van der Waals surface area contributed by atoms with E-state index in [1.165, 1.54) is 12.0 Å². The SMILES string of the molecule is CCNC(=NCc1nc(C)c(C)s1)NCCCCC(=O)OC. The molecule has 0 saturated heterocycles. The van der Waals surface area contributed by atoms with Crippen molar-refractivity contribution in [1.29, 1.82) is 0 Å². The number of carbonyl (C=O) groups is 1. The molecule has 7 heteroatoms. The Morgan fingerprint density at radius 3 is 2.68 bits per heavy atom. The van der Waals surface area contributed by atoms with Crippen LogP contribution in [0, 0.1) is 13.8 Å². The highest BCUT2D eigenvalue weighted by Crippen LogP contribution is 2.16. The maximum absolute atomic E-state index is 11.0. The van der Waals surface area contributed by atoms with E-state index in [-0.39, 0.29) is 5.97 Å². The predicted molar refractivity (Wildman–Crippen MR) is 90.3 cm³/mol. The molecular formula is C15H26N4O2S. The molecule has 0 aliphatic rings. The van der Waals surface area contributed by atoms with Crippen molar-refractivity contribution in [2.24, 2.45) is 4.99 Å². The van der Waals surface area contributed by atoms with Crippen LogP contribution in [-0.4, -0.2) is 37.1 Å². The van der Waals surface area contributed by atoms with E-state index in [9.17, 15) is 4.79 Å². The summed E-state index contributed by atoms with van der Waals surface area (Å²) in [4.78, 5) is 21.3. The fourth-order valence-corrected chi connectivity index (χ4v) is 2.66. The molecular weight excluding hydrogens is 300 g/mol. The van der Waals surface area contributed by atoms with Gasteiger partial charge in [0.15, 0.2) is 5.96 Å². The number of nitrogens with one attached hydrogen (secondary N) is 2. The van der Waals surface area contributed by atoms with E-state index >= 15 is 0 Å². The van der Waals surface area contributed by atoms with Gasteiger partial charge < -0.3 is 15.4 Å². The number of nitrogens with zero attached hydrogens (tertiary/aromatic N) is 2. The van der Waals surface area contributed by atoms with Gasteiger partial charge in [0.1, 0.15) is 5.01 Å². The van der Waals surface area contributed by atoms with Crippen LogP contribution in [0.15, 0.2) is 4.99 Å².